The number of hydrogen-bond donors (Lipinski definition) is 3. The van der Waals surface area contributed by atoms with Gasteiger partial charge in [-0.3, -0.25) is 9.69 Å². The lowest BCUT2D eigenvalue weighted by Crippen LogP contribution is -2.53. The number of para-hydroxylation sites is 1. The normalized spacial score (nSPS) is 20.8. The molecule has 138 valence electrons. The summed E-state index contributed by atoms with van der Waals surface area (Å²) in [5.41, 5.74) is 0.635. The van der Waals surface area contributed by atoms with Gasteiger partial charge >= 0.3 is 6.03 Å². The molecule has 25 heavy (non-hydrogen) atoms. The molecule has 1 aromatic carbocycles. The minimum Gasteiger partial charge on any atom is -0.390 e. The van der Waals surface area contributed by atoms with E-state index in [1.165, 1.54) is 4.90 Å². The van der Waals surface area contributed by atoms with Crippen LogP contribution >= 0.6 is 0 Å². The summed E-state index contributed by atoms with van der Waals surface area (Å²) in [6.45, 7) is 5.26. The quantitative estimate of drug-likeness (QED) is 0.765. The molecule has 1 unspecified atom stereocenters. The fraction of sp³-hybridized carbons (Fsp3) is 0.579. The Kier molecular flexibility index (Phi) is 7.40. The highest BCUT2D eigenvalue weighted by Gasteiger charge is 2.35. The van der Waals surface area contributed by atoms with Crippen molar-refractivity contribution in [2.45, 2.75) is 51.7 Å². The van der Waals surface area contributed by atoms with Gasteiger partial charge in [0, 0.05) is 18.7 Å². The zero-order chi connectivity index (χ0) is 18.2. The fourth-order valence-corrected chi connectivity index (χ4v) is 3.00. The van der Waals surface area contributed by atoms with Crippen LogP contribution in [0.15, 0.2) is 30.3 Å². The highest BCUT2D eigenvalue weighted by molar-refractivity contribution is 6.01. The van der Waals surface area contributed by atoms with Crippen LogP contribution in [0.2, 0.25) is 0 Å². The van der Waals surface area contributed by atoms with Gasteiger partial charge in [0.05, 0.1) is 12.1 Å². The number of aliphatic hydroxyl groups excluding tert-OH is 1. The third-order valence-corrected chi connectivity index (χ3v) is 4.43. The summed E-state index contributed by atoms with van der Waals surface area (Å²) >= 11 is 0. The highest BCUT2D eigenvalue weighted by atomic mass is 16.3. The van der Waals surface area contributed by atoms with Gasteiger partial charge < -0.3 is 15.7 Å². The summed E-state index contributed by atoms with van der Waals surface area (Å²) in [6, 6.07) is 8.10. The van der Waals surface area contributed by atoms with E-state index in [0.717, 1.165) is 19.4 Å². The predicted molar refractivity (Wildman–Crippen MR) is 98.3 cm³/mol. The molecule has 1 aliphatic heterocycles. The number of carbonyl (C=O) groups is 2. The van der Waals surface area contributed by atoms with Crippen LogP contribution in [0.1, 0.15) is 39.5 Å². The van der Waals surface area contributed by atoms with Gasteiger partial charge in [0.1, 0.15) is 0 Å². The number of hydrogen-bond acceptors (Lipinski definition) is 4. The second-order valence-corrected chi connectivity index (χ2v) is 6.97. The first kappa shape index (κ1) is 19.4. The number of imide groups is 1. The maximum Gasteiger partial charge on any atom is 0.328 e. The number of β-amino-alcohol motifs (C(OH)–C–C–N with tert-alkyl or cyclic N) is 1. The Morgan fingerprint density at radius 3 is 2.72 bits per heavy atom. The largest absolute Gasteiger partial charge is 0.390 e. The van der Waals surface area contributed by atoms with E-state index in [4.69, 9.17) is 0 Å². The molecule has 0 bridgehead atoms. The van der Waals surface area contributed by atoms with Crippen molar-refractivity contribution in [2.24, 2.45) is 5.92 Å². The Morgan fingerprint density at radius 2 is 2.04 bits per heavy atom. The SMILES string of the molecule is CC(C)CCC(=O)N(C(=O)Nc1ccccc1)C1CCCNC[C@@H]1O. The maximum absolute atomic E-state index is 12.8. The van der Waals surface area contributed by atoms with E-state index in [0.29, 0.717) is 31.0 Å². The summed E-state index contributed by atoms with van der Waals surface area (Å²) in [6.07, 6.45) is 1.68. The molecular weight excluding hydrogens is 318 g/mol. The average Bonchev–Trinajstić information content (AvgIpc) is 2.79. The Labute approximate surface area is 149 Å². The van der Waals surface area contributed by atoms with E-state index >= 15 is 0 Å². The molecule has 1 aliphatic rings. The van der Waals surface area contributed by atoms with Gasteiger partial charge in [-0.2, -0.15) is 0 Å². The first-order chi connectivity index (χ1) is 12.0. The molecule has 3 N–H and O–H groups in total. The van der Waals surface area contributed by atoms with E-state index in [1.807, 2.05) is 32.0 Å². The molecule has 0 aliphatic carbocycles. The zero-order valence-corrected chi connectivity index (χ0v) is 15.1. The van der Waals surface area contributed by atoms with Crippen molar-refractivity contribution in [1.29, 1.82) is 0 Å². The molecule has 3 amide bonds. The van der Waals surface area contributed by atoms with Crippen molar-refractivity contribution >= 4 is 17.6 Å². The molecule has 0 radical (unpaired) electrons. The maximum atomic E-state index is 12.8. The average molecular weight is 347 g/mol. The summed E-state index contributed by atoms with van der Waals surface area (Å²) < 4.78 is 0. The lowest BCUT2D eigenvalue weighted by molar-refractivity contribution is -0.132. The van der Waals surface area contributed by atoms with Crippen molar-refractivity contribution < 1.29 is 14.7 Å². The summed E-state index contributed by atoms with van der Waals surface area (Å²) in [5.74, 6) is 0.150. The topological polar surface area (TPSA) is 81.7 Å². The number of anilines is 1. The number of aliphatic hydroxyl groups is 1. The van der Waals surface area contributed by atoms with Crippen LogP contribution in [0.5, 0.6) is 0 Å². The number of amides is 3. The smallest absolute Gasteiger partial charge is 0.328 e. The Hall–Kier alpha value is -1.92. The van der Waals surface area contributed by atoms with Crippen molar-refractivity contribution in [3.63, 3.8) is 0 Å². The molecule has 0 spiro atoms. The first-order valence-corrected chi connectivity index (χ1v) is 9.06. The monoisotopic (exact) mass is 347 g/mol. The predicted octanol–water partition coefficient (Wildman–Crippen LogP) is 2.60. The van der Waals surface area contributed by atoms with Gasteiger partial charge in [-0.15, -0.1) is 0 Å². The van der Waals surface area contributed by atoms with E-state index in [-0.39, 0.29) is 5.91 Å². The van der Waals surface area contributed by atoms with Crippen molar-refractivity contribution in [3.05, 3.63) is 30.3 Å². The minimum absolute atomic E-state index is 0.229. The number of nitrogens with zero attached hydrogens (tertiary/aromatic N) is 1. The third kappa shape index (κ3) is 5.83. The van der Waals surface area contributed by atoms with Crippen molar-refractivity contribution in [2.75, 3.05) is 18.4 Å². The minimum atomic E-state index is -0.757. The Morgan fingerprint density at radius 1 is 1.32 bits per heavy atom. The van der Waals surface area contributed by atoms with E-state index in [2.05, 4.69) is 10.6 Å². The molecule has 0 aromatic heterocycles. The van der Waals surface area contributed by atoms with E-state index < -0.39 is 18.2 Å². The summed E-state index contributed by atoms with van der Waals surface area (Å²) in [5, 5.41) is 16.3. The third-order valence-electron chi connectivity index (χ3n) is 4.43. The second-order valence-electron chi connectivity index (χ2n) is 6.97. The standard InChI is InChI=1S/C19H29N3O3/c1-14(2)10-11-18(24)22(16-9-6-12-20-13-17(16)23)19(25)21-15-7-4-3-5-8-15/h3-5,7-8,14,16-17,20,23H,6,9-13H2,1-2H3,(H,21,25)/t16?,17-/m0/s1. The lowest BCUT2D eigenvalue weighted by atomic mass is 10.0. The van der Waals surface area contributed by atoms with Crippen molar-refractivity contribution in [1.82, 2.24) is 10.2 Å². The molecule has 1 aromatic rings. The van der Waals surface area contributed by atoms with Crippen LogP contribution < -0.4 is 10.6 Å². The molecule has 1 fully saturated rings. The number of urea groups is 1. The highest BCUT2D eigenvalue weighted by Crippen LogP contribution is 2.19. The number of carbonyl (C=O) groups excluding carboxylic acids is 2. The number of nitrogens with one attached hydrogen (secondary N) is 2. The summed E-state index contributed by atoms with van der Waals surface area (Å²) in [7, 11) is 0. The van der Waals surface area contributed by atoms with E-state index in [9.17, 15) is 14.7 Å². The fourth-order valence-electron chi connectivity index (χ4n) is 3.00. The first-order valence-electron chi connectivity index (χ1n) is 9.06. The number of rotatable bonds is 5. The molecule has 1 heterocycles. The van der Waals surface area contributed by atoms with Gasteiger partial charge in [-0.05, 0) is 43.9 Å². The molecule has 0 saturated carbocycles. The van der Waals surface area contributed by atoms with Gasteiger partial charge in [0.2, 0.25) is 5.91 Å². The number of benzene rings is 1. The van der Waals surface area contributed by atoms with Gasteiger partial charge in [-0.25, -0.2) is 4.79 Å². The molecule has 6 nitrogen and oxygen atoms in total. The van der Waals surface area contributed by atoms with Crippen molar-refractivity contribution in [3.8, 4) is 0 Å². The Balaban J connectivity index is 2.17. The van der Waals surface area contributed by atoms with Crippen LogP contribution in [-0.4, -0.2) is 47.2 Å². The van der Waals surface area contributed by atoms with Crippen LogP contribution in [-0.2, 0) is 4.79 Å². The van der Waals surface area contributed by atoms with Gasteiger partial charge in [0.15, 0.2) is 0 Å². The molecule has 2 rings (SSSR count). The van der Waals surface area contributed by atoms with Crippen LogP contribution in [0.3, 0.4) is 0 Å². The second kappa shape index (κ2) is 9.53. The van der Waals surface area contributed by atoms with Crippen LogP contribution in [0, 0.1) is 5.92 Å². The van der Waals surface area contributed by atoms with Crippen LogP contribution in [0.4, 0.5) is 10.5 Å². The van der Waals surface area contributed by atoms with E-state index in [1.54, 1.807) is 12.1 Å². The van der Waals surface area contributed by atoms with Gasteiger partial charge in [0.25, 0.3) is 0 Å². The zero-order valence-electron chi connectivity index (χ0n) is 15.1. The molecule has 1 saturated heterocycles. The molecule has 6 heteroatoms. The summed E-state index contributed by atoms with van der Waals surface area (Å²) in [4.78, 5) is 26.8. The lowest BCUT2D eigenvalue weighted by Gasteiger charge is -2.32. The molecular formula is C19H29N3O3. The van der Waals surface area contributed by atoms with Gasteiger partial charge in [-0.1, -0.05) is 32.0 Å². The van der Waals surface area contributed by atoms with Crippen LogP contribution in [0.25, 0.3) is 0 Å². The molecule has 2 atom stereocenters. The Bertz CT molecular complexity index is 562.